The van der Waals surface area contributed by atoms with Gasteiger partial charge in [-0.05, 0) is 109 Å². The van der Waals surface area contributed by atoms with Gasteiger partial charge in [-0.3, -0.25) is 14.4 Å². The number of hydrogen-bond donors (Lipinski definition) is 0. The number of hydrogen-bond acceptors (Lipinski definition) is 6. The number of ether oxygens (including phenoxy) is 3. The molecule has 1 atom stereocenters. The van der Waals surface area contributed by atoms with Crippen LogP contribution in [0.3, 0.4) is 0 Å². The molecule has 1 unspecified atom stereocenters. The first-order valence-electron chi connectivity index (χ1n) is 34.9. The van der Waals surface area contributed by atoms with E-state index < -0.39 is 6.10 Å². The highest BCUT2D eigenvalue weighted by atomic mass is 16.6. The molecule has 0 aliphatic rings. The molecule has 0 saturated heterocycles. The van der Waals surface area contributed by atoms with Gasteiger partial charge < -0.3 is 14.2 Å². The summed E-state index contributed by atoms with van der Waals surface area (Å²) >= 11 is 0. The summed E-state index contributed by atoms with van der Waals surface area (Å²) in [6, 6.07) is 0. The lowest BCUT2D eigenvalue weighted by atomic mass is 10.0. The van der Waals surface area contributed by atoms with Crippen LogP contribution in [0.25, 0.3) is 0 Å². The van der Waals surface area contributed by atoms with Crippen molar-refractivity contribution in [1.29, 1.82) is 0 Å². The van der Waals surface area contributed by atoms with Gasteiger partial charge in [0.2, 0.25) is 0 Å². The number of rotatable bonds is 64. The number of unbranched alkanes of at least 4 members (excludes halogenated alkanes) is 41. The fraction of sp³-hybridized carbons (Fsp3) is 0.797. The van der Waals surface area contributed by atoms with E-state index in [-0.39, 0.29) is 31.1 Å². The third kappa shape index (κ3) is 65.7. The van der Waals surface area contributed by atoms with E-state index in [0.717, 1.165) is 96.3 Å². The summed E-state index contributed by atoms with van der Waals surface area (Å²) in [7, 11) is 0. The lowest BCUT2D eigenvalue weighted by molar-refractivity contribution is -0.167. The largest absolute Gasteiger partial charge is 0.462 e. The van der Waals surface area contributed by atoms with Crippen molar-refractivity contribution in [3.8, 4) is 0 Å². The van der Waals surface area contributed by atoms with E-state index in [9.17, 15) is 14.4 Å². The van der Waals surface area contributed by atoms with E-state index in [1.807, 2.05) is 0 Å². The minimum absolute atomic E-state index is 0.0784. The van der Waals surface area contributed by atoms with Gasteiger partial charge in [0, 0.05) is 19.3 Å². The zero-order valence-electron chi connectivity index (χ0n) is 53.3. The average Bonchev–Trinajstić information content (AvgIpc) is 3.46. The normalized spacial score (nSPS) is 12.5. The summed E-state index contributed by atoms with van der Waals surface area (Å²) < 4.78 is 17.0. The molecule has 0 fully saturated rings. The van der Waals surface area contributed by atoms with Crippen molar-refractivity contribution in [3.05, 3.63) is 72.9 Å². The Balaban J connectivity index is 4.21. The minimum atomic E-state index is -0.783. The number of carbonyl (C=O) groups excluding carboxylic acids is 3. The first-order chi connectivity index (χ1) is 39.5. The molecular formula is C74H132O6. The Bertz CT molecular complexity index is 1470. The topological polar surface area (TPSA) is 78.9 Å². The second kappa shape index (κ2) is 68.3. The second-order valence-electron chi connectivity index (χ2n) is 23.4. The van der Waals surface area contributed by atoms with Crippen molar-refractivity contribution < 1.29 is 28.6 Å². The molecule has 0 aliphatic carbocycles. The lowest BCUT2D eigenvalue weighted by Gasteiger charge is -2.18. The average molecular weight is 1120 g/mol. The van der Waals surface area contributed by atoms with Gasteiger partial charge in [0.25, 0.3) is 0 Å². The fourth-order valence-electron chi connectivity index (χ4n) is 10.2. The molecule has 0 heterocycles. The summed E-state index contributed by atoms with van der Waals surface area (Å²) in [5.74, 6) is -0.878. The number of carbonyl (C=O) groups is 3. The van der Waals surface area contributed by atoms with Crippen molar-refractivity contribution in [2.24, 2.45) is 0 Å². The summed E-state index contributed by atoms with van der Waals surface area (Å²) in [6.07, 6.45) is 89.4. The molecule has 0 aliphatic heterocycles. The van der Waals surface area contributed by atoms with Crippen LogP contribution in [0.5, 0.6) is 0 Å². The van der Waals surface area contributed by atoms with Crippen LogP contribution in [-0.4, -0.2) is 37.2 Å². The van der Waals surface area contributed by atoms with Crippen LogP contribution < -0.4 is 0 Å². The number of allylic oxidation sites excluding steroid dienone is 12. The molecule has 0 spiro atoms. The van der Waals surface area contributed by atoms with E-state index in [0.29, 0.717) is 19.3 Å². The van der Waals surface area contributed by atoms with Gasteiger partial charge in [0.15, 0.2) is 6.10 Å². The first-order valence-corrected chi connectivity index (χ1v) is 34.9. The van der Waals surface area contributed by atoms with Gasteiger partial charge >= 0.3 is 17.9 Å². The molecule has 0 aromatic carbocycles. The highest BCUT2D eigenvalue weighted by Gasteiger charge is 2.19. The van der Waals surface area contributed by atoms with E-state index in [1.54, 1.807) is 0 Å². The molecule has 0 bridgehead atoms. The van der Waals surface area contributed by atoms with Gasteiger partial charge in [-0.15, -0.1) is 0 Å². The van der Waals surface area contributed by atoms with Gasteiger partial charge in [-0.25, -0.2) is 0 Å². The van der Waals surface area contributed by atoms with Crippen molar-refractivity contribution in [2.75, 3.05) is 13.2 Å². The Morgan fingerprint density at radius 2 is 0.487 bits per heavy atom. The van der Waals surface area contributed by atoms with Crippen molar-refractivity contribution in [2.45, 2.75) is 367 Å². The van der Waals surface area contributed by atoms with Crippen LogP contribution in [0.4, 0.5) is 0 Å². The van der Waals surface area contributed by atoms with Crippen LogP contribution in [0.2, 0.25) is 0 Å². The second-order valence-corrected chi connectivity index (χ2v) is 23.4. The quantitative estimate of drug-likeness (QED) is 0.0261. The summed E-state index contributed by atoms with van der Waals surface area (Å²) in [5.41, 5.74) is 0. The molecule has 80 heavy (non-hydrogen) atoms. The maximum atomic E-state index is 12.9. The molecule has 464 valence electrons. The first kappa shape index (κ1) is 76.9. The zero-order valence-corrected chi connectivity index (χ0v) is 53.3. The van der Waals surface area contributed by atoms with Crippen molar-refractivity contribution in [3.63, 3.8) is 0 Å². The Kier molecular flexibility index (Phi) is 65.7. The number of esters is 3. The Morgan fingerprint density at radius 3 is 0.800 bits per heavy atom. The molecule has 0 aromatic rings. The van der Waals surface area contributed by atoms with Gasteiger partial charge in [-0.2, -0.15) is 0 Å². The minimum Gasteiger partial charge on any atom is -0.462 e. The molecule has 6 nitrogen and oxygen atoms in total. The SMILES string of the molecule is CC/C=C\C/C=C\C/C=C\C/C=C\CCCCCCCCCCC(=O)OC(COC(=O)CCCCCCC/C=C\CCCCC)COC(=O)CCCCCCCCCCCCCCCCCCC/C=C\CCCCCCCCCC. The van der Waals surface area contributed by atoms with E-state index in [2.05, 4.69) is 93.7 Å². The summed E-state index contributed by atoms with van der Waals surface area (Å²) in [4.78, 5) is 38.4. The van der Waals surface area contributed by atoms with Gasteiger partial charge in [0.05, 0.1) is 0 Å². The molecule has 0 saturated carbocycles. The fourth-order valence-corrected chi connectivity index (χ4v) is 10.2. The molecule has 6 heteroatoms. The summed E-state index contributed by atoms with van der Waals surface area (Å²) in [6.45, 7) is 6.54. The van der Waals surface area contributed by atoms with E-state index in [1.165, 1.54) is 225 Å². The Labute approximate surface area is 497 Å². The molecular weight excluding hydrogens is 985 g/mol. The van der Waals surface area contributed by atoms with Gasteiger partial charge in [0.1, 0.15) is 13.2 Å². The standard InChI is InChI=1S/C74H132O6/c1-4-7-10-13-16-19-22-25-27-29-31-33-34-35-36-37-38-39-40-42-43-45-47-49-52-55-58-61-64-67-73(76)79-70-71(69-78-72(75)66-63-60-57-54-51-24-21-18-15-12-9-6-3)80-74(77)68-65-62-59-56-53-50-48-46-44-41-32-30-28-26-23-20-17-14-11-8-5-2/h8,11,17-18,20-21,26,28-29,31-32,41,71H,4-7,9-10,12-16,19,22-25,27,30,33-40,42-70H2,1-3H3/b11-8-,20-17-,21-18-,28-26-,31-29-,41-32-. The maximum absolute atomic E-state index is 12.9. The highest BCUT2D eigenvalue weighted by Crippen LogP contribution is 2.18. The molecule has 0 amide bonds. The summed E-state index contributed by atoms with van der Waals surface area (Å²) in [5, 5.41) is 0. The van der Waals surface area contributed by atoms with Crippen molar-refractivity contribution >= 4 is 17.9 Å². The smallest absolute Gasteiger partial charge is 0.306 e. The zero-order chi connectivity index (χ0) is 57.8. The molecule has 0 N–H and O–H groups in total. The highest BCUT2D eigenvalue weighted by molar-refractivity contribution is 5.71. The van der Waals surface area contributed by atoms with Crippen LogP contribution in [0.15, 0.2) is 72.9 Å². The predicted molar refractivity (Wildman–Crippen MR) is 348 cm³/mol. The van der Waals surface area contributed by atoms with E-state index in [4.69, 9.17) is 14.2 Å². The molecule has 0 aromatic heterocycles. The van der Waals surface area contributed by atoms with Crippen LogP contribution in [0, 0.1) is 0 Å². The van der Waals surface area contributed by atoms with Crippen LogP contribution >= 0.6 is 0 Å². The van der Waals surface area contributed by atoms with Crippen LogP contribution in [0.1, 0.15) is 361 Å². The van der Waals surface area contributed by atoms with Crippen molar-refractivity contribution in [1.82, 2.24) is 0 Å². The molecule has 0 rings (SSSR count). The monoisotopic (exact) mass is 1120 g/mol. The third-order valence-corrected chi connectivity index (χ3v) is 15.4. The van der Waals surface area contributed by atoms with Gasteiger partial charge in [-0.1, -0.05) is 306 Å². The predicted octanol–water partition coefficient (Wildman–Crippen LogP) is 24.1. The van der Waals surface area contributed by atoms with E-state index >= 15 is 0 Å². The molecule has 0 radical (unpaired) electrons. The van der Waals surface area contributed by atoms with Crippen LogP contribution in [-0.2, 0) is 28.6 Å². The Morgan fingerprint density at radius 1 is 0.263 bits per heavy atom. The third-order valence-electron chi connectivity index (χ3n) is 15.4. The maximum Gasteiger partial charge on any atom is 0.306 e. The Hall–Kier alpha value is -3.15. The lowest BCUT2D eigenvalue weighted by Crippen LogP contribution is -2.30.